The fourth-order valence-electron chi connectivity index (χ4n) is 3.56. The lowest BCUT2D eigenvalue weighted by Gasteiger charge is -2.29. The van der Waals surface area contributed by atoms with Crippen LogP contribution in [0.2, 0.25) is 0 Å². The molecule has 1 heterocycles. The summed E-state index contributed by atoms with van der Waals surface area (Å²) < 4.78 is 5.19. The van der Waals surface area contributed by atoms with Crippen LogP contribution in [0.25, 0.3) is 0 Å². The molecule has 1 aromatic carbocycles. The number of likely N-dealkylation sites (tertiary alicyclic amines) is 1. The molecule has 28 heavy (non-hydrogen) atoms. The molecule has 1 aromatic rings. The van der Waals surface area contributed by atoms with Crippen LogP contribution in [0.4, 0.5) is 0 Å². The van der Waals surface area contributed by atoms with Crippen molar-refractivity contribution in [2.75, 3.05) is 13.2 Å². The summed E-state index contributed by atoms with van der Waals surface area (Å²) in [5.74, 6) is -1.68. The van der Waals surface area contributed by atoms with Crippen molar-refractivity contribution in [3.05, 3.63) is 35.9 Å². The molecule has 1 amide bonds. The summed E-state index contributed by atoms with van der Waals surface area (Å²) in [7, 11) is 0. The van der Waals surface area contributed by atoms with E-state index in [1.54, 1.807) is 6.92 Å². The first-order valence-corrected chi connectivity index (χ1v) is 9.91. The van der Waals surface area contributed by atoms with Gasteiger partial charge in [0, 0.05) is 6.04 Å². The number of benzene rings is 1. The highest BCUT2D eigenvalue weighted by Gasteiger charge is 2.34. The molecule has 0 aliphatic carbocycles. The van der Waals surface area contributed by atoms with Crippen molar-refractivity contribution in [3.8, 4) is 0 Å². The topological polar surface area (TPSA) is 95.9 Å². The van der Waals surface area contributed by atoms with Gasteiger partial charge in [-0.05, 0) is 51.5 Å². The third-order valence-electron chi connectivity index (χ3n) is 5.07. The summed E-state index contributed by atoms with van der Waals surface area (Å²) in [5, 5.41) is 12.3. The van der Waals surface area contributed by atoms with Crippen LogP contribution in [0.1, 0.15) is 45.1 Å². The quantitative estimate of drug-likeness (QED) is 0.626. The maximum atomic E-state index is 12.9. The normalized spacial score (nSPS) is 21.1. The van der Waals surface area contributed by atoms with E-state index in [9.17, 15) is 14.4 Å². The minimum atomic E-state index is -1.04. The van der Waals surface area contributed by atoms with Crippen molar-refractivity contribution in [3.63, 3.8) is 0 Å². The summed E-state index contributed by atoms with van der Waals surface area (Å²) in [6.07, 6.45) is 3.27. The van der Waals surface area contributed by atoms with Crippen LogP contribution in [-0.2, 0) is 25.5 Å². The fourth-order valence-corrected chi connectivity index (χ4v) is 3.56. The van der Waals surface area contributed by atoms with Gasteiger partial charge in [-0.2, -0.15) is 0 Å². The number of ether oxygens (including phenoxy) is 1. The van der Waals surface area contributed by atoms with Crippen molar-refractivity contribution in [1.29, 1.82) is 0 Å². The average Bonchev–Trinajstić information content (AvgIpc) is 2.79. The largest absolute Gasteiger partial charge is 0.480 e. The van der Waals surface area contributed by atoms with Crippen molar-refractivity contribution >= 4 is 17.8 Å². The number of hydrogen-bond donors (Lipinski definition) is 2. The Kier molecular flexibility index (Phi) is 8.44. The minimum absolute atomic E-state index is 0.138. The van der Waals surface area contributed by atoms with Gasteiger partial charge in [0.2, 0.25) is 5.91 Å². The number of amides is 1. The van der Waals surface area contributed by atoms with Gasteiger partial charge < -0.3 is 14.7 Å². The molecule has 0 spiro atoms. The number of nitrogens with one attached hydrogen (secondary N) is 1. The summed E-state index contributed by atoms with van der Waals surface area (Å²) >= 11 is 0. The van der Waals surface area contributed by atoms with Crippen LogP contribution in [0.3, 0.4) is 0 Å². The Morgan fingerprint density at radius 2 is 2.00 bits per heavy atom. The smallest absolute Gasteiger partial charge is 0.323 e. The Bertz CT molecular complexity index is 664. The molecule has 7 heteroatoms. The second kappa shape index (κ2) is 10.8. The van der Waals surface area contributed by atoms with Crippen molar-refractivity contribution in [1.82, 2.24) is 10.2 Å². The molecule has 1 aliphatic heterocycles. The fraction of sp³-hybridized carbons (Fsp3) is 0.571. The van der Waals surface area contributed by atoms with Crippen LogP contribution in [0.5, 0.6) is 0 Å². The first kappa shape index (κ1) is 21.9. The average molecular weight is 390 g/mol. The van der Waals surface area contributed by atoms with Gasteiger partial charge in [-0.25, -0.2) is 0 Å². The van der Waals surface area contributed by atoms with Gasteiger partial charge in [0.1, 0.15) is 12.6 Å². The summed E-state index contributed by atoms with van der Waals surface area (Å²) in [6.45, 7) is 3.55. The first-order valence-electron chi connectivity index (χ1n) is 9.91. The predicted molar refractivity (Wildman–Crippen MR) is 105 cm³/mol. The van der Waals surface area contributed by atoms with Crippen LogP contribution in [0, 0.1) is 0 Å². The Labute approximate surface area is 166 Å². The van der Waals surface area contributed by atoms with Gasteiger partial charge in [-0.1, -0.05) is 30.3 Å². The Hall–Kier alpha value is -2.41. The molecule has 1 saturated heterocycles. The van der Waals surface area contributed by atoms with Gasteiger partial charge in [-0.3, -0.25) is 19.7 Å². The maximum Gasteiger partial charge on any atom is 0.323 e. The molecule has 2 N–H and O–H groups in total. The van der Waals surface area contributed by atoms with Crippen LogP contribution in [0.15, 0.2) is 30.3 Å². The lowest BCUT2D eigenvalue weighted by molar-refractivity contribution is -0.149. The lowest BCUT2D eigenvalue weighted by atomic mass is 10.0. The van der Waals surface area contributed by atoms with E-state index in [2.05, 4.69) is 5.32 Å². The zero-order valence-corrected chi connectivity index (χ0v) is 16.6. The van der Waals surface area contributed by atoms with E-state index >= 15 is 0 Å². The monoisotopic (exact) mass is 390 g/mol. The second-order valence-electron chi connectivity index (χ2n) is 7.19. The highest BCUT2D eigenvalue weighted by Crippen LogP contribution is 2.19. The molecule has 1 aliphatic rings. The molecule has 2 rings (SSSR count). The summed E-state index contributed by atoms with van der Waals surface area (Å²) in [5.41, 5.74) is 1.10. The minimum Gasteiger partial charge on any atom is -0.480 e. The SMILES string of the molecule is CCOC(=O)[C@H](CCc1ccccc1)NC1CCCC(C)N(CC(=O)O)C1=O. The molecule has 0 radical (unpaired) electrons. The molecular weight excluding hydrogens is 360 g/mol. The Morgan fingerprint density at radius 1 is 1.29 bits per heavy atom. The molecule has 0 saturated carbocycles. The van der Waals surface area contributed by atoms with E-state index in [1.807, 2.05) is 37.3 Å². The van der Waals surface area contributed by atoms with Crippen molar-refractivity contribution in [2.45, 2.75) is 64.1 Å². The van der Waals surface area contributed by atoms with Gasteiger partial charge in [0.25, 0.3) is 0 Å². The number of carboxylic acids is 1. The summed E-state index contributed by atoms with van der Waals surface area (Å²) in [6, 6.07) is 8.48. The van der Waals surface area contributed by atoms with E-state index in [-0.39, 0.29) is 31.1 Å². The number of rotatable bonds is 9. The van der Waals surface area contributed by atoms with Crippen LogP contribution >= 0.6 is 0 Å². The third kappa shape index (κ3) is 6.34. The molecule has 3 atom stereocenters. The zero-order chi connectivity index (χ0) is 20.5. The number of carbonyl (C=O) groups is 3. The molecule has 154 valence electrons. The molecule has 1 fully saturated rings. The maximum absolute atomic E-state index is 12.9. The van der Waals surface area contributed by atoms with Gasteiger partial charge >= 0.3 is 11.9 Å². The Balaban J connectivity index is 2.10. The molecule has 0 bridgehead atoms. The first-order chi connectivity index (χ1) is 13.4. The number of aliphatic carboxylic acids is 1. The highest BCUT2D eigenvalue weighted by molar-refractivity contribution is 5.86. The molecule has 7 nitrogen and oxygen atoms in total. The van der Waals surface area contributed by atoms with E-state index in [4.69, 9.17) is 9.84 Å². The number of carboxylic acid groups (broad SMARTS) is 1. The van der Waals surface area contributed by atoms with E-state index < -0.39 is 18.1 Å². The van der Waals surface area contributed by atoms with Crippen molar-refractivity contribution in [2.24, 2.45) is 0 Å². The Morgan fingerprint density at radius 3 is 2.64 bits per heavy atom. The predicted octanol–water partition coefficient (Wildman–Crippen LogP) is 1.99. The summed E-state index contributed by atoms with van der Waals surface area (Å²) in [4.78, 5) is 37.9. The number of nitrogens with zero attached hydrogens (tertiary/aromatic N) is 1. The van der Waals surface area contributed by atoms with Gasteiger partial charge in [0.05, 0.1) is 12.6 Å². The van der Waals surface area contributed by atoms with Gasteiger partial charge in [0.15, 0.2) is 0 Å². The molecule has 2 unspecified atom stereocenters. The number of carbonyl (C=O) groups excluding carboxylic acids is 2. The number of hydrogen-bond acceptors (Lipinski definition) is 5. The van der Waals surface area contributed by atoms with Crippen LogP contribution < -0.4 is 5.32 Å². The zero-order valence-electron chi connectivity index (χ0n) is 16.6. The van der Waals surface area contributed by atoms with Crippen LogP contribution in [-0.4, -0.2) is 59.1 Å². The van der Waals surface area contributed by atoms with E-state index in [0.717, 1.165) is 18.4 Å². The lowest BCUT2D eigenvalue weighted by Crippen LogP contribution is -2.53. The standard InChI is InChI=1S/C21H30N2O5/c1-3-28-21(27)18(13-12-16-9-5-4-6-10-16)22-17-11-7-8-15(2)23(20(17)26)14-19(24)25/h4-6,9-10,15,17-18,22H,3,7-8,11-14H2,1-2H3,(H,24,25)/t15?,17?,18-/m0/s1. The van der Waals surface area contributed by atoms with Crippen molar-refractivity contribution < 1.29 is 24.2 Å². The number of esters is 1. The third-order valence-corrected chi connectivity index (χ3v) is 5.07. The van der Waals surface area contributed by atoms with Gasteiger partial charge in [-0.15, -0.1) is 0 Å². The highest BCUT2D eigenvalue weighted by atomic mass is 16.5. The molecular formula is C21H30N2O5. The molecule has 0 aromatic heterocycles. The van der Waals surface area contributed by atoms with E-state index in [0.29, 0.717) is 19.3 Å². The second-order valence-corrected chi connectivity index (χ2v) is 7.19. The van der Waals surface area contributed by atoms with E-state index in [1.165, 1.54) is 4.90 Å². The number of aryl methyl sites for hydroxylation is 1.